The lowest BCUT2D eigenvalue weighted by Gasteiger charge is -2.17. The van der Waals surface area contributed by atoms with E-state index in [0.29, 0.717) is 29.0 Å². The van der Waals surface area contributed by atoms with Crippen molar-refractivity contribution in [1.29, 1.82) is 0 Å². The molecule has 2 rings (SSSR count). The summed E-state index contributed by atoms with van der Waals surface area (Å²) in [6.07, 6.45) is -3.71. The molecule has 0 unspecified atom stereocenters. The average Bonchev–Trinajstić information content (AvgIpc) is 2.52. The lowest BCUT2D eigenvalue weighted by atomic mass is 9.97. The van der Waals surface area contributed by atoms with Gasteiger partial charge in [-0.2, -0.15) is 13.2 Å². The van der Waals surface area contributed by atoms with E-state index in [-0.39, 0.29) is 0 Å². The topological polar surface area (TPSA) is 21.3 Å². The number of benzene rings is 2. The zero-order chi connectivity index (χ0) is 16.3. The second-order valence-corrected chi connectivity index (χ2v) is 4.89. The fourth-order valence-corrected chi connectivity index (χ4v) is 2.51. The molecular weight excluding hydrogens is 315 g/mol. The molecule has 118 valence electrons. The summed E-state index contributed by atoms with van der Waals surface area (Å²) in [5.74, 6) is 0.553. The third-order valence-corrected chi connectivity index (χ3v) is 3.62. The molecule has 0 aliphatic carbocycles. The predicted octanol–water partition coefficient (Wildman–Crippen LogP) is 5.51. The summed E-state index contributed by atoms with van der Waals surface area (Å²) < 4.78 is 44.3. The summed E-state index contributed by atoms with van der Waals surface area (Å²) in [5.41, 5.74) is 1.48. The molecule has 1 N–H and O–H groups in total. The van der Waals surface area contributed by atoms with Crippen molar-refractivity contribution in [3.63, 3.8) is 0 Å². The molecule has 0 heterocycles. The average molecular weight is 330 g/mol. The second-order valence-electron chi connectivity index (χ2n) is 4.70. The molecule has 0 bridgehead atoms. The van der Waals surface area contributed by atoms with Crippen molar-refractivity contribution < 1.29 is 17.9 Å². The van der Waals surface area contributed by atoms with E-state index in [0.717, 1.165) is 17.7 Å². The van der Waals surface area contributed by atoms with Crippen LogP contribution in [0.1, 0.15) is 18.1 Å². The molecule has 0 spiro atoms. The van der Waals surface area contributed by atoms with E-state index in [9.17, 15) is 13.2 Å². The number of alkyl halides is 3. The number of methoxy groups -OCH3 is 1. The number of anilines is 1. The maximum Gasteiger partial charge on any atom is 0.416 e. The van der Waals surface area contributed by atoms with E-state index in [1.54, 1.807) is 12.1 Å². The van der Waals surface area contributed by atoms with Crippen molar-refractivity contribution in [3.8, 4) is 16.9 Å². The van der Waals surface area contributed by atoms with Gasteiger partial charge in [-0.3, -0.25) is 4.84 Å². The minimum atomic E-state index is -4.42. The van der Waals surface area contributed by atoms with Crippen LogP contribution in [-0.4, -0.2) is 7.11 Å². The minimum Gasteiger partial charge on any atom is -0.496 e. The Kier molecular flexibility index (Phi) is 4.86. The largest absolute Gasteiger partial charge is 0.496 e. The van der Waals surface area contributed by atoms with Gasteiger partial charge in [-0.25, -0.2) is 0 Å². The normalized spacial score (nSPS) is 11.4. The van der Waals surface area contributed by atoms with Gasteiger partial charge in [-0.15, -0.1) is 0 Å². The molecule has 0 saturated heterocycles. The Hall–Kier alpha value is -1.88. The number of ether oxygens (including phenoxy) is 1. The van der Waals surface area contributed by atoms with E-state index < -0.39 is 11.7 Å². The highest BCUT2D eigenvalue weighted by molar-refractivity contribution is 6.25. The molecule has 0 atom stereocenters. The van der Waals surface area contributed by atoms with Crippen LogP contribution in [0.5, 0.6) is 5.75 Å². The number of halogens is 4. The standard InChI is InChI=1S/C16H15ClF3NO/c1-3-10-5-4-6-12(15(10)22-2)13-9-11(16(18,19)20)7-8-14(13)21-17/h4-9,21H,3H2,1-2H3. The molecule has 0 aromatic heterocycles. The van der Waals surface area contributed by atoms with Crippen molar-refractivity contribution in [3.05, 3.63) is 47.5 Å². The predicted molar refractivity (Wildman–Crippen MR) is 82.3 cm³/mol. The molecular formula is C16H15ClF3NO. The van der Waals surface area contributed by atoms with Gasteiger partial charge in [0, 0.05) is 22.9 Å². The van der Waals surface area contributed by atoms with Crippen molar-refractivity contribution in [1.82, 2.24) is 0 Å². The van der Waals surface area contributed by atoms with Gasteiger partial charge in [0.15, 0.2) is 0 Å². The van der Waals surface area contributed by atoms with Gasteiger partial charge in [-0.1, -0.05) is 25.1 Å². The van der Waals surface area contributed by atoms with Gasteiger partial charge in [-0.05, 0) is 30.2 Å². The molecule has 0 amide bonds. The van der Waals surface area contributed by atoms with Gasteiger partial charge >= 0.3 is 6.18 Å². The Morgan fingerprint density at radius 3 is 2.41 bits per heavy atom. The smallest absolute Gasteiger partial charge is 0.416 e. The first-order chi connectivity index (χ1) is 10.4. The van der Waals surface area contributed by atoms with Gasteiger partial charge < -0.3 is 4.74 Å². The van der Waals surface area contributed by atoms with Gasteiger partial charge in [0.1, 0.15) is 5.75 Å². The Balaban J connectivity index is 2.70. The van der Waals surface area contributed by atoms with Crippen LogP contribution in [0, 0.1) is 0 Å². The van der Waals surface area contributed by atoms with E-state index in [2.05, 4.69) is 4.84 Å². The first kappa shape index (κ1) is 16.5. The van der Waals surface area contributed by atoms with Crippen LogP contribution < -0.4 is 9.57 Å². The summed E-state index contributed by atoms with van der Waals surface area (Å²) in [6, 6.07) is 8.75. The zero-order valence-corrected chi connectivity index (χ0v) is 12.8. The highest BCUT2D eigenvalue weighted by Crippen LogP contribution is 2.41. The molecule has 2 aromatic carbocycles. The summed E-state index contributed by atoms with van der Waals surface area (Å²) >= 11 is 5.65. The highest BCUT2D eigenvalue weighted by atomic mass is 35.5. The summed E-state index contributed by atoms with van der Waals surface area (Å²) in [6.45, 7) is 1.95. The number of para-hydroxylation sites is 1. The van der Waals surface area contributed by atoms with Gasteiger partial charge in [0.05, 0.1) is 18.4 Å². The van der Waals surface area contributed by atoms with Crippen LogP contribution in [0.3, 0.4) is 0 Å². The molecule has 0 aliphatic rings. The number of rotatable bonds is 4. The maximum absolute atomic E-state index is 13.0. The van der Waals surface area contributed by atoms with Gasteiger partial charge in [0.25, 0.3) is 0 Å². The van der Waals surface area contributed by atoms with Crippen LogP contribution in [0.25, 0.3) is 11.1 Å². The second kappa shape index (κ2) is 6.48. The molecule has 0 radical (unpaired) electrons. The van der Waals surface area contributed by atoms with E-state index >= 15 is 0 Å². The van der Waals surface area contributed by atoms with Crippen molar-refractivity contribution in [2.45, 2.75) is 19.5 Å². The molecule has 0 aliphatic heterocycles. The first-order valence-electron chi connectivity index (χ1n) is 6.66. The van der Waals surface area contributed by atoms with Crippen molar-refractivity contribution in [2.24, 2.45) is 0 Å². The van der Waals surface area contributed by atoms with Crippen LogP contribution in [0.15, 0.2) is 36.4 Å². The Bertz CT molecular complexity index is 671. The molecule has 0 saturated carbocycles. The maximum atomic E-state index is 13.0. The zero-order valence-electron chi connectivity index (χ0n) is 12.1. The summed E-state index contributed by atoms with van der Waals surface area (Å²) in [5, 5.41) is 0. The Morgan fingerprint density at radius 1 is 1.14 bits per heavy atom. The number of aryl methyl sites for hydroxylation is 1. The third-order valence-electron chi connectivity index (χ3n) is 3.42. The lowest BCUT2D eigenvalue weighted by molar-refractivity contribution is -0.137. The Morgan fingerprint density at radius 2 is 1.86 bits per heavy atom. The van der Waals surface area contributed by atoms with Crippen LogP contribution in [0.2, 0.25) is 0 Å². The van der Waals surface area contributed by atoms with Crippen LogP contribution in [0.4, 0.5) is 18.9 Å². The molecule has 22 heavy (non-hydrogen) atoms. The fraction of sp³-hybridized carbons (Fsp3) is 0.250. The first-order valence-corrected chi connectivity index (χ1v) is 7.04. The summed E-state index contributed by atoms with van der Waals surface area (Å²) in [4.78, 5) is 2.41. The van der Waals surface area contributed by atoms with E-state index in [1.807, 2.05) is 13.0 Å². The highest BCUT2D eigenvalue weighted by Gasteiger charge is 2.31. The van der Waals surface area contributed by atoms with Crippen molar-refractivity contribution >= 4 is 17.5 Å². The van der Waals surface area contributed by atoms with Crippen molar-refractivity contribution in [2.75, 3.05) is 11.9 Å². The fourth-order valence-electron chi connectivity index (χ4n) is 2.34. The Labute approximate surface area is 132 Å². The monoisotopic (exact) mass is 329 g/mol. The number of hydrogen-bond donors (Lipinski definition) is 1. The number of nitrogens with one attached hydrogen (secondary N) is 1. The summed E-state index contributed by atoms with van der Waals surface area (Å²) in [7, 11) is 1.50. The molecule has 6 heteroatoms. The molecule has 0 fully saturated rings. The van der Waals surface area contributed by atoms with Crippen LogP contribution in [-0.2, 0) is 12.6 Å². The SMILES string of the molecule is CCc1cccc(-c2cc(C(F)(F)F)ccc2NCl)c1OC. The molecule has 2 nitrogen and oxygen atoms in total. The van der Waals surface area contributed by atoms with E-state index in [4.69, 9.17) is 16.5 Å². The molecule has 2 aromatic rings. The minimum absolute atomic E-state index is 0.344. The third kappa shape index (κ3) is 3.14. The quantitative estimate of drug-likeness (QED) is 0.747. The number of hydrogen-bond acceptors (Lipinski definition) is 2. The van der Waals surface area contributed by atoms with Crippen LogP contribution >= 0.6 is 11.8 Å². The van der Waals surface area contributed by atoms with Gasteiger partial charge in [0.2, 0.25) is 0 Å². The lowest BCUT2D eigenvalue weighted by Crippen LogP contribution is -2.05. The van der Waals surface area contributed by atoms with E-state index in [1.165, 1.54) is 13.2 Å².